The Bertz CT molecular complexity index is 462. The van der Waals surface area contributed by atoms with Crippen molar-refractivity contribution < 1.29 is 9.21 Å². The van der Waals surface area contributed by atoms with Crippen molar-refractivity contribution in [3.05, 3.63) is 11.8 Å². The van der Waals surface area contributed by atoms with Gasteiger partial charge in [-0.05, 0) is 18.3 Å². The van der Waals surface area contributed by atoms with Gasteiger partial charge in [0.15, 0.2) is 0 Å². The molecule has 5 nitrogen and oxygen atoms in total. The van der Waals surface area contributed by atoms with Gasteiger partial charge in [0.05, 0.1) is 5.92 Å². The van der Waals surface area contributed by atoms with Gasteiger partial charge in [0.25, 0.3) is 0 Å². The number of hydrogen-bond donors (Lipinski definition) is 0. The van der Waals surface area contributed by atoms with E-state index in [1.165, 1.54) is 0 Å². The Hall–Kier alpha value is -1.39. The molecular formula is C15H25N3O2. The molecule has 1 saturated heterocycles. The van der Waals surface area contributed by atoms with E-state index in [4.69, 9.17) is 4.42 Å². The van der Waals surface area contributed by atoms with Crippen molar-refractivity contribution in [3.63, 3.8) is 0 Å². The van der Waals surface area contributed by atoms with Crippen LogP contribution in [0.3, 0.4) is 0 Å². The van der Waals surface area contributed by atoms with Gasteiger partial charge in [-0.2, -0.15) is 0 Å². The third-order valence-corrected chi connectivity index (χ3v) is 3.59. The van der Waals surface area contributed by atoms with Crippen LogP contribution in [0.2, 0.25) is 0 Å². The molecule has 1 unspecified atom stereocenters. The topological polar surface area (TPSA) is 59.2 Å². The monoisotopic (exact) mass is 279 g/mol. The van der Waals surface area contributed by atoms with E-state index in [1.807, 2.05) is 11.8 Å². The van der Waals surface area contributed by atoms with Crippen LogP contribution >= 0.6 is 0 Å². The van der Waals surface area contributed by atoms with Gasteiger partial charge in [0.1, 0.15) is 0 Å². The highest BCUT2D eigenvalue weighted by Crippen LogP contribution is 2.27. The second-order valence-corrected chi connectivity index (χ2v) is 6.80. The number of piperidine rings is 1. The number of likely N-dealkylation sites (tertiary alicyclic amines) is 1. The molecule has 1 amide bonds. The fraction of sp³-hybridized carbons (Fsp3) is 0.800. The largest absolute Gasteiger partial charge is 0.425 e. The van der Waals surface area contributed by atoms with Crippen molar-refractivity contribution in [2.75, 3.05) is 13.1 Å². The molecule has 1 atom stereocenters. The minimum atomic E-state index is 0.139. The summed E-state index contributed by atoms with van der Waals surface area (Å²) in [5.74, 6) is 1.80. The third kappa shape index (κ3) is 3.81. The quantitative estimate of drug-likeness (QED) is 0.853. The number of carbonyl (C=O) groups excluding carboxylic acids is 1. The van der Waals surface area contributed by atoms with Crippen LogP contribution in [-0.4, -0.2) is 34.1 Å². The number of hydrogen-bond acceptors (Lipinski definition) is 4. The number of carbonyl (C=O) groups is 1. The first-order valence-electron chi connectivity index (χ1n) is 7.49. The van der Waals surface area contributed by atoms with Gasteiger partial charge < -0.3 is 9.32 Å². The molecule has 1 aromatic rings. The Kier molecular flexibility index (Phi) is 4.45. The van der Waals surface area contributed by atoms with Crippen molar-refractivity contribution in [2.24, 2.45) is 5.41 Å². The van der Waals surface area contributed by atoms with Crippen LogP contribution < -0.4 is 0 Å². The van der Waals surface area contributed by atoms with E-state index in [-0.39, 0.29) is 17.2 Å². The lowest BCUT2D eigenvalue weighted by Crippen LogP contribution is -2.38. The van der Waals surface area contributed by atoms with Crippen molar-refractivity contribution >= 4 is 5.91 Å². The van der Waals surface area contributed by atoms with Gasteiger partial charge in [-0.1, -0.05) is 27.7 Å². The highest BCUT2D eigenvalue weighted by Gasteiger charge is 2.28. The molecule has 2 heterocycles. The molecule has 0 N–H and O–H groups in total. The molecule has 1 fully saturated rings. The summed E-state index contributed by atoms with van der Waals surface area (Å²) >= 11 is 0. The molecule has 5 heteroatoms. The third-order valence-electron chi connectivity index (χ3n) is 3.59. The summed E-state index contributed by atoms with van der Waals surface area (Å²) in [5.41, 5.74) is 0.139. The van der Waals surface area contributed by atoms with Crippen LogP contribution in [0.5, 0.6) is 0 Å². The molecule has 2 rings (SSSR count). The van der Waals surface area contributed by atoms with Crippen molar-refractivity contribution in [1.82, 2.24) is 15.1 Å². The highest BCUT2D eigenvalue weighted by molar-refractivity contribution is 5.75. The van der Waals surface area contributed by atoms with Crippen molar-refractivity contribution in [3.8, 4) is 0 Å². The van der Waals surface area contributed by atoms with E-state index >= 15 is 0 Å². The Morgan fingerprint density at radius 1 is 1.40 bits per heavy atom. The summed E-state index contributed by atoms with van der Waals surface area (Å²) in [7, 11) is 0. The molecule has 20 heavy (non-hydrogen) atoms. The molecule has 1 aliphatic rings. The first-order chi connectivity index (χ1) is 9.39. The zero-order valence-corrected chi connectivity index (χ0v) is 13.0. The van der Waals surface area contributed by atoms with Gasteiger partial charge in [0.2, 0.25) is 17.7 Å². The fourth-order valence-electron chi connectivity index (χ4n) is 2.59. The lowest BCUT2D eigenvalue weighted by molar-refractivity contribution is -0.132. The minimum absolute atomic E-state index is 0.139. The molecule has 0 radical (unpaired) electrons. The van der Waals surface area contributed by atoms with Gasteiger partial charge in [-0.3, -0.25) is 4.79 Å². The SMILES string of the molecule is CCC(=O)N1CCCC(c2nnc(CC(C)(C)C)o2)C1. The van der Waals surface area contributed by atoms with E-state index in [0.717, 1.165) is 25.8 Å². The first-order valence-corrected chi connectivity index (χ1v) is 7.49. The van der Waals surface area contributed by atoms with Crippen LogP contribution in [0.1, 0.15) is 64.7 Å². The maximum absolute atomic E-state index is 11.8. The predicted molar refractivity (Wildman–Crippen MR) is 76.3 cm³/mol. The van der Waals surface area contributed by atoms with E-state index in [0.29, 0.717) is 24.7 Å². The molecule has 1 aromatic heterocycles. The maximum atomic E-state index is 11.8. The fourth-order valence-corrected chi connectivity index (χ4v) is 2.59. The molecule has 0 aliphatic carbocycles. The second-order valence-electron chi connectivity index (χ2n) is 6.80. The number of amides is 1. The minimum Gasteiger partial charge on any atom is -0.425 e. The average molecular weight is 279 g/mol. The molecule has 1 aliphatic heterocycles. The summed E-state index contributed by atoms with van der Waals surface area (Å²) < 4.78 is 5.80. The van der Waals surface area contributed by atoms with Crippen LogP contribution in [0.15, 0.2) is 4.42 Å². The van der Waals surface area contributed by atoms with E-state index < -0.39 is 0 Å². The zero-order chi connectivity index (χ0) is 14.8. The molecule has 0 spiro atoms. The Morgan fingerprint density at radius 3 is 2.80 bits per heavy atom. The zero-order valence-electron chi connectivity index (χ0n) is 13.0. The van der Waals surface area contributed by atoms with Crippen LogP contribution in [0.25, 0.3) is 0 Å². The first kappa shape index (κ1) is 15.0. The van der Waals surface area contributed by atoms with Gasteiger partial charge >= 0.3 is 0 Å². The van der Waals surface area contributed by atoms with Gasteiger partial charge in [-0.25, -0.2) is 0 Å². The summed E-state index contributed by atoms with van der Waals surface area (Å²) in [5, 5.41) is 8.34. The lowest BCUT2D eigenvalue weighted by atomic mass is 9.92. The summed E-state index contributed by atoms with van der Waals surface area (Å²) in [6, 6.07) is 0. The summed E-state index contributed by atoms with van der Waals surface area (Å²) in [6.45, 7) is 9.92. The van der Waals surface area contributed by atoms with E-state index in [2.05, 4.69) is 31.0 Å². The number of nitrogens with zero attached hydrogens (tertiary/aromatic N) is 3. The van der Waals surface area contributed by atoms with Crippen LogP contribution in [0, 0.1) is 5.41 Å². The second kappa shape index (κ2) is 5.94. The van der Waals surface area contributed by atoms with E-state index in [9.17, 15) is 4.79 Å². The smallest absolute Gasteiger partial charge is 0.222 e. The van der Waals surface area contributed by atoms with Crippen molar-refractivity contribution in [2.45, 2.75) is 59.3 Å². The molecule has 0 bridgehead atoms. The number of rotatable bonds is 3. The Morgan fingerprint density at radius 2 is 2.15 bits per heavy atom. The molecular weight excluding hydrogens is 254 g/mol. The van der Waals surface area contributed by atoms with Gasteiger partial charge in [-0.15, -0.1) is 10.2 Å². The molecule has 112 valence electrons. The van der Waals surface area contributed by atoms with Crippen molar-refractivity contribution in [1.29, 1.82) is 0 Å². The van der Waals surface area contributed by atoms with Crippen LogP contribution in [0.4, 0.5) is 0 Å². The Balaban J connectivity index is 2.02. The highest BCUT2D eigenvalue weighted by atomic mass is 16.4. The lowest BCUT2D eigenvalue weighted by Gasteiger charge is -2.30. The van der Waals surface area contributed by atoms with Gasteiger partial charge in [0, 0.05) is 25.9 Å². The van der Waals surface area contributed by atoms with E-state index in [1.54, 1.807) is 0 Å². The number of aromatic nitrogens is 2. The maximum Gasteiger partial charge on any atom is 0.222 e. The Labute approximate surface area is 120 Å². The standard InChI is InChI=1S/C15H25N3O2/c1-5-13(19)18-8-6-7-11(10-18)14-17-16-12(20-14)9-15(2,3)4/h11H,5-10H2,1-4H3. The average Bonchev–Trinajstić information content (AvgIpc) is 2.84. The summed E-state index contributed by atoms with van der Waals surface area (Å²) in [6.07, 6.45) is 3.37. The van der Waals surface area contributed by atoms with Crippen LogP contribution in [-0.2, 0) is 11.2 Å². The molecule has 0 saturated carbocycles. The summed E-state index contributed by atoms with van der Waals surface area (Å²) in [4.78, 5) is 13.7. The molecule has 0 aromatic carbocycles. The normalized spacial score (nSPS) is 20.2. The predicted octanol–water partition coefficient (Wildman–Crippen LogP) is 2.77.